The second-order valence-corrected chi connectivity index (χ2v) is 13.2. The van der Waals surface area contributed by atoms with Gasteiger partial charge in [0.15, 0.2) is 11.5 Å². The predicted molar refractivity (Wildman–Crippen MR) is 221 cm³/mol. The molecule has 0 radical (unpaired) electrons. The van der Waals surface area contributed by atoms with Crippen molar-refractivity contribution in [2.45, 2.75) is 65.6 Å². The molecule has 2 atom stereocenters. The molecule has 0 spiro atoms. The summed E-state index contributed by atoms with van der Waals surface area (Å²) < 4.78 is 55.9. The van der Waals surface area contributed by atoms with E-state index in [1.54, 1.807) is 50.2 Å². The molecule has 0 aliphatic carbocycles. The number of nitrogens with one attached hydrogen (secondary N) is 2. The number of anilines is 2. The second-order valence-electron chi connectivity index (χ2n) is 13.2. The highest BCUT2D eigenvalue weighted by atomic mass is 16.6. The molecular weight excluding hydrogens is 784 g/mol. The van der Waals surface area contributed by atoms with Gasteiger partial charge in [0.25, 0.3) is 0 Å². The van der Waals surface area contributed by atoms with E-state index in [1.165, 1.54) is 56.5 Å². The van der Waals surface area contributed by atoms with E-state index in [4.69, 9.17) is 47.4 Å². The van der Waals surface area contributed by atoms with E-state index < -0.39 is 42.1 Å². The van der Waals surface area contributed by atoms with E-state index in [-0.39, 0.29) is 61.8 Å². The summed E-state index contributed by atoms with van der Waals surface area (Å²) in [6.45, 7) is 6.26. The average molecular weight is 837 g/mol. The predicted octanol–water partition coefficient (Wildman–Crippen LogP) is 6.54. The smallest absolute Gasteiger partial charge is 0.323 e. The molecule has 2 N–H and O–H groups in total. The van der Waals surface area contributed by atoms with Crippen LogP contribution in [0.2, 0.25) is 0 Å². The molecule has 17 nitrogen and oxygen atoms in total. The summed E-state index contributed by atoms with van der Waals surface area (Å²) in [5.41, 5.74) is 1.75. The monoisotopic (exact) mass is 836 g/mol. The first-order valence-electron chi connectivity index (χ1n) is 19.0. The van der Waals surface area contributed by atoms with E-state index in [0.717, 1.165) is 0 Å². The number of urea groups is 1. The molecule has 0 aliphatic rings. The molecule has 2 unspecified atom stereocenters. The lowest BCUT2D eigenvalue weighted by atomic mass is 9.97. The van der Waals surface area contributed by atoms with Crippen molar-refractivity contribution < 1.29 is 71.3 Å². The second kappa shape index (κ2) is 21.4. The lowest BCUT2D eigenvalue weighted by Gasteiger charge is -2.22. The van der Waals surface area contributed by atoms with Gasteiger partial charge in [-0.05, 0) is 49.7 Å². The van der Waals surface area contributed by atoms with Crippen molar-refractivity contribution in [3.63, 3.8) is 0 Å². The number of esters is 4. The number of fused-ring (bicyclic) bond motifs is 2. The molecule has 0 saturated heterocycles. The Hall–Kier alpha value is -6.65. The Morgan fingerprint density at radius 1 is 0.550 bits per heavy atom. The van der Waals surface area contributed by atoms with Crippen molar-refractivity contribution in [1.82, 2.24) is 0 Å². The van der Waals surface area contributed by atoms with Gasteiger partial charge in [-0.1, -0.05) is 0 Å². The summed E-state index contributed by atoms with van der Waals surface area (Å²) in [5.74, 6) is -0.153. The third kappa shape index (κ3) is 11.1. The zero-order valence-corrected chi connectivity index (χ0v) is 35.5. The third-order valence-electron chi connectivity index (χ3n) is 9.16. The molecule has 4 aromatic rings. The molecule has 4 aromatic carbocycles. The first-order valence-corrected chi connectivity index (χ1v) is 19.0. The van der Waals surface area contributed by atoms with Gasteiger partial charge in [-0.2, -0.15) is 0 Å². The summed E-state index contributed by atoms with van der Waals surface area (Å²) in [4.78, 5) is 62.3. The first kappa shape index (κ1) is 46.0. The molecule has 0 aliphatic heterocycles. The number of benzene rings is 4. The maximum atomic E-state index is 13.8. The van der Waals surface area contributed by atoms with E-state index in [9.17, 15) is 24.0 Å². The Kier molecular flexibility index (Phi) is 16.4. The van der Waals surface area contributed by atoms with Crippen LogP contribution in [0.15, 0.2) is 36.4 Å². The summed E-state index contributed by atoms with van der Waals surface area (Å²) in [6, 6.07) is 9.47. The minimum Gasteiger partial charge on any atom is -0.496 e. The highest BCUT2D eigenvalue weighted by Gasteiger charge is 2.27. The number of hydrogen-bond donors (Lipinski definition) is 2. The topological polar surface area (TPSA) is 202 Å². The standard InChI is InChI=1S/C43H52N2O15/c1-11-57-36(48)20-27(59-23(3)46)15-25-16-30-33(51-5)22-32(42(56-10)39(30)34(17-25)52-6)45-43(50)44-31-14-13-29-38(41(31)55-9)35(53-7)19-26(40(29)54-8)18-28(60-24(4)47)21-37(49)58-12-2/h13-14,16-17,19,22,27-28H,11-12,15,18,20-21H2,1-10H3,(H2,44,45,50). The molecule has 4 rings (SSSR count). The van der Waals surface area contributed by atoms with Gasteiger partial charge in [-0.3, -0.25) is 19.2 Å². The van der Waals surface area contributed by atoms with Crippen molar-refractivity contribution in [3.05, 3.63) is 47.5 Å². The van der Waals surface area contributed by atoms with Gasteiger partial charge < -0.3 is 58.0 Å². The Balaban J connectivity index is 1.72. The normalized spacial score (nSPS) is 11.8. The average Bonchev–Trinajstić information content (AvgIpc) is 3.19. The Bertz CT molecular complexity index is 2220. The molecule has 0 heterocycles. The molecule has 0 aromatic heterocycles. The molecule has 0 fully saturated rings. The molecule has 0 bridgehead atoms. The quantitative estimate of drug-likeness (QED) is 0.0717. The van der Waals surface area contributed by atoms with Crippen LogP contribution < -0.4 is 39.1 Å². The van der Waals surface area contributed by atoms with Crippen LogP contribution in [0.3, 0.4) is 0 Å². The van der Waals surface area contributed by atoms with Crippen LogP contribution >= 0.6 is 0 Å². The fourth-order valence-electron chi connectivity index (χ4n) is 6.99. The Labute approximate surface area is 347 Å². The summed E-state index contributed by atoms with van der Waals surface area (Å²) in [6.07, 6.45) is -1.71. The zero-order valence-electron chi connectivity index (χ0n) is 35.5. The van der Waals surface area contributed by atoms with Crippen molar-refractivity contribution in [1.29, 1.82) is 0 Å². The molecule has 324 valence electrons. The minimum atomic E-state index is -0.848. The molecule has 17 heteroatoms. The van der Waals surface area contributed by atoms with Gasteiger partial charge in [0.2, 0.25) is 0 Å². The van der Waals surface area contributed by atoms with Crippen molar-refractivity contribution in [3.8, 4) is 34.5 Å². The van der Waals surface area contributed by atoms with Crippen LogP contribution in [-0.4, -0.2) is 98.0 Å². The number of rotatable bonds is 20. The SMILES string of the molecule is CCOC(=O)CC(Cc1cc(OC)c2c(OC)c(NC(=O)Nc3ccc4c(OC)c(CC(CC(=O)OCC)OC(C)=O)cc(OC)c4c3OC)cc(OC)c2c1)OC(C)=O. The van der Waals surface area contributed by atoms with Crippen LogP contribution in [0.5, 0.6) is 34.5 Å². The van der Waals surface area contributed by atoms with Crippen molar-refractivity contribution in [2.24, 2.45) is 0 Å². The largest absolute Gasteiger partial charge is 0.496 e. The first-order chi connectivity index (χ1) is 28.7. The highest BCUT2D eigenvalue weighted by molar-refractivity contribution is 6.10. The summed E-state index contributed by atoms with van der Waals surface area (Å²) in [5, 5.41) is 7.74. The number of methoxy groups -OCH3 is 6. The van der Waals surface area contributed by atoms with Crippen LogP contribution in [0.25, 0.3) is 21.5 Å². The number of ether oxygens (including phenoxy) is 10. The van der Waals surface area contributed by atoms with Gasteiger partial charge in [-0.15, -0.1) is 0 Å². The van der Waals surface area contributed by atoms with Gasteiger partial charge in [0.05, 0.1) is 90.9 Å². The van der Waals surface area contributed by atoms with Gasteiger partial charge in [0, 0.05) is 49.1 Å². The summed E-state index contributed by atoms with van der Waals surface area (Å²) >= 11 is 0. The van der Waals surface area contributed by atoms with Gasteiger partial charge >= 0.3 is 29.9 Å². The van der Waals surface area contributed by atoms with Gasteiger partial charge in [0.1, 0.15) is 35.2 Å². The maximum Gasteiger partial charge on any atom is 0.323 e. The van der Waals surface area contributed by atoms with E-state index >= 15 is 0 Å². The maximum absolute atomic E-state index is 13.8. The van der Waals surface area contributed by atoms with E-state index in [2.05, 4.69) is 10.6 Å². The number of amides is 2. The molecule has 60 heavy (non-hydrogen) atoms. The lowest BCUT2D eigenvalue weighted by Crippen LogP contribution is -2.24. The lowest BCUT2D eigenvalue weighted by molar-refractivity contribution is -0.155. The fraction of sp³-hybridized carbons (Fsp3) is 0.419. The summed E-state index contributed by atoms with van der Waals surface area (Å²) in [7, 11) is 8.78. The fourth-order valence-corrected chi connectivity index (χ4v) is 6.99. The van der Waals surface area contributed by atoms with Crippen LogP contribution in [0, 0.1) is 0 Å². The number of carbonyl (C=O) groups is 5. The Morgan fingerprint density at radius 3 is 1.57 bits per heavy atom. The number of hydrogen-bond acceptors (Lipinski definition) is 15. The molecule has 0 saturated carbocycles. The minimum absolute atomic E-state index is 0.103. The van der Waals surface area contributed by atoms with Crippen LogP contribution in [-0.2, 0) is 51.0 Å². The Morgan fingerprint density at radius 2 is 1.05 bits per heavy atom. The van der Waals surface area contributed by atoms with Gasteiger partial charge in [-0.25, -0.2) is 4.79 Å². The zero-order chi connectivity index (χ0) is 44.1. The number of carbonyl (C=O) groups excluding carboxylic acids is 5. The highest BCUT2D eigenvalue weighted by Crippen LogP contribution is 2.47. The van der Waals surface area contributed by atoms with Crippen molar-refractivity contribution >= 4 is 62.8 Å². The van der Waals surface area contributed by atoms with E-state index in [0.29, 0.717) is 55.7 Å². The van der Waals surface area contributed by atoms with Crippen LogP contribution in [0.4, 0.5) is 16.2 Å². The molecular formula is C43H52N2O15. The van der Waals surface area contributed by atoms with Crippen molar-refractivity contribution in [2.75, 3.05) is 66.5 Å². The van der Waals surface area contributed by atoms with Crippen LogP contribution in [0.1, 0.15) is 51.7 Å². The van der Waals surface area contributed by atoms with E-state index in [1.807, 2.05) is 0 Å². The molecule has 2 amide bonds. The third-order valence-corrected chi connectivity index (χ3v) is 9.16.